The topological polar surface area (TPSA) is 75.3 Å². The highest BCUT2D eigenvalue weighted by atomic mass is 32.1. The van der Waals surface area contributed by atoms with Crippen molar-refractivity contribution in [2.24, 2.45) is 0 Å². The van der Waals surface area contributed by atoms with Crippen LogP contribution in [0.25, 0.3) is 11.3 Å². The van der Waals surface area contributed by atoms with Crippen molar-refractivity contribution < 1.29 is 5.11 Å². The van der Waals surface area contributed by atoms with Crippen LogP contribution >= 0.6 is 22.9 Å². The van der Waals surface area contributed by atoms with Crippen molar-refractivity contribution in [2.45, 2.75) is 13.8 Å². The van der Waals surface area contributed by atoms with E-state index < -0.39 is 0 Å². The van der Waals surface area contributed by atoms with E-state index in [0.29, 0.717) is 12.4 Å². The number of likely N-dealkylation sites (N-methyl/N-ethyl adjacent to an activating group) is 1. The predicted molar refractivity (Wildman–Crippen MR) is 77.3 cm³/mol. The summed E-state index contributed by atoms with van der Waals surface area (Å²) in [5.41, 5.74) is 7.71. The monoisotopic (exact) mass is 284 g/mol. The van der Waals surface area contributed by atoms with Crippen molar-refractivity contribution in [1.82, 2.24) is 9.36 Å². The predicted octanol–water partition coefficient (Wildman–Crippen LogP) is 1.98. The van der Waals surface area contributed by atoms with Crippen LogP contribution in [0, 0.1) is 6.92 Å². The summed E-state index contributed by atoms with van der Waals surface area (Å²) < 4.78 is 4.21. The molecule has 2 rings (SSSR count). The van der Waals surface area contributed by atoms with Crippen LogP contribution in [0.1, 0.15) is 11.9 Å². The SMILES string of the molecule is CCN(CCO)c1snc(N)c1-c1csc(C)n1. The Morgan fingerprint density at radius 3 is 2.83 bits per heavy atom. The highest BCUT2D eigenvalue weighted by molar-refractivity contribution is 7.11. The first-order valence-corrected chi connectivity index (χ1v) is 7.36. The first-order chi connectivity index (χ1) is 8.67. The molecule has 0 unspecified atom stereocenters. The van der Waals surface area contributed by atoms with Gasteiger partial charge < -0.3 is 15.7 Å². The van der Waals surface area contributed by atoms with Gasteiger partial charge in [-0.15, -0.1) is 11.3 Å². The number of aromatic nitrogens is 2. The Hall–Kier alpha value is -1.18. The van der Waals surface area contributed by atoms with Gasteiger partial charge in [0.1, 0.15) is 10.8 Å². The number of aliphatic hydroxyl groups is 1. The molecule has 2 aromatic rings. The van der Waals surface area contributed by atoms with Crippen molar-refractivity contribution in [3.8, 4) is 11.3 Å². The van der Waals surface area contributed by atoms with E-state index in [9.17, 15) is 0 Å². The third-order valence-electron chi connectivity index (χ3n) is 2.61. The second-order valence-corrected chi connectivity index (χ2v) is 5.62. The Morgan fingerprint density at radius 1 is 1.50 bits per heavy atom. The number of anilines is 2. The van der Waals surface area contributed by atoms with E-state index in [1.54, 1.807) is 11.3 Å². The van der Waals surface area contributed by atoms with Gasteiger partial charge in [0.15, 0.2) is 0 Å². The smallest absolute Gasteiger partial charge is 0.148 e. The Morgan fingerprint density at radius 2 is 2.28 bits per heavy atom. The van der Waals surface area contributed by atoms with Crippen LogP contribution in [-0.2, 0) is 0 Å². The first kappa shape index (κ1) is 13.3. The molecular weight excluding hydrogens is 268 g/mol. The molecule has 0 aliphatic heterocycles. The lowest BCUT2D eigenvalue weighted by Gasteiger charge is -2.20. The molecule has 98 valence electrons. The summed E-state index contributed by atoms with van der Waals surface area (Å²) in [6.07, 6.45) is 0. The van der Waals surface area contributed by atoms with Crippen LogP contribution < -0.4 is 10.6 Å². The largest absolute Gasteiger partial charge is 0.395 e. The lowest BCUT2D eigenvalue weighted by molar-refractivity contribution is 0.302. The van der Waals surface area contributed by atoms with Gasteiger partial charge in [-0.1, -0.05) is 0 Å². The van der Waals surface area contributed by atoms with Crippen LogP contribution in [0.15, 0.2) is 5.38 Å². The van der Waals surface area contributed by atoms with Crippen LogP contribution in [-0.4, -0.2) is 34.2 Å². The van der Waals surface area contributed by atoms with Crippen molar-refractivity contribution in [3.63, 3.8) is 0 Å². The van der Waals surface area contributed by atoms with Gasteiger partial charge in [0.2, 0.25) is 0 Å². The minimum atomic E-state index is 0.112. The van der Waals surface area contributed by atoms with Gasteiger partial charge in [0, 0.05) is 18.5 Å². The molecule has 7 heteroatoms. The summed E-state index contributed by atoms with van der Waals surface area (Å²) in [5.74, 6) is 0.511. The highest BCUT2D eigenvalue weighted by Crippen LogP contribution is 2.39. The highest BCUT2D eigenvalue weighted by Gasteiger charge is 2.19. The number of thiazole rings is 1. The van der Waals surface area contributed by atoms with Gasteiger partial charge in [-0.05, 0) is 25.4 Å². The number of hydrogen-bond acceptors (Lipinski definition) is 7. The molecule has 2 heterocycles. The van der Waals surface area contributed by atoms with E-state index in [1.807, 2.05) is 19.2 Å². The van der Waals surface area contributed by atoms with E-state index in [1.165, 1.54) is 11.5 Å². The number of rotatable bonds is 5. The zero-order chi connectivity index (χ0) is 13.1. The molecule has 0 bridgehead atoms. The maximum atomic E-state index is 9.10. The summed E-state index contributed by atoms with van der Waals surface area (Å²) in [6, 6.07) is 0. The van der Waals surface area contributed by atoms with E-state index in [4.69, 9.17) is 10.8 Å². The fraction of sp³-hybridized carbons (Fsp3) is 0.455. The minimum Gasteiger partial charge on any atom is -0.395 e. The molecule has 18 heavy (non-hydrogen) atoms. The standard InChI is InChI=1S/C11H16N4OS2/c1-3-15(4-5-16)11-9(10(12)14-18-11)8-6-17-7(2)13-8/h6,16H,3-5H2,1-2H3,(H2,12,14). The van der Waals surface area contributed by atoms with Crippen molar-refractivity contribution in [3.05, 3.63) is 10.4 Å². The Labute approximate surface area is 114 Å². The molecule has 0 aliphatic rings. The average molecular weight is 284 g/mol. The maximum Gasteiger partial charge on any atom is 0.148 e. The zero-order valence-corrected chi connectivity index (χ0v) is 12.0. The summed E-state index contributed by atoms with van der Waals surface area (Å²) in [6.45, 7) is 5.50. The molecule has 0 saturated heterocycles. The van der Waals surface area contributed by atoms with Crippen LogP contribution in [0.4, 0.5) is 10.8 Å². The van der Waals surface area contributed by atoms with E-state index in [2.05, 4.69) is 14.3 Å². The fourth-order valence-electron chi connectivity index (χ4n) is 1.75. The Bertz CT molecular complexity index is 523. The normalized spacial score (nSPS) is 10.8. The average Bonchev–Trinajstić information content (AvgIpc) is 2.92. The zero-order valence-electron chi connectivity index (χ0n) is 10.4. The van der Waals surface area contributed by atoms with E-state index in [0.717, 1.165) is 27.8 Å². The molecule has 0 atom stereocenters. The number of nitrogens with zero attached hydrogens (tertiary/aromatic N) is 3. The molecule has 0 radical (unpaired) electrons. The molecule has 0 spiro atoms. The summed E-state index contributed by atoms with van der Waals surface area (Å²) in [4.78, 5) is 6.53. The molecule has 0 aromatic carbocycles. The third-order valence-corrected chi connectivity index (χ3v) is 4.31. The van der Waals surface area contributed by atoms with Crippen molar-refractivity contribution in [2.75, 3.05) is 30.3 Å². The molecule has 0 aliphatic carbocycles. The van der Waals surface area contributed by atoms with Gasteiger partial charge in [0.25, 0.3) is 0 Å². The molecule has 0 fully saturated rings. The molecule has 0 amide bonds. The Kier molecular flexibility index (Phi) is 4.15. The lowest BCUT2D eigenvalue weighted by atomic mass is 10.2. The van der Waals surface area contributed by atoms with Gasteiger partial charge in [0.05, 0.1) is 22.9 Å². The number of nitrogens with two attached hydrogens (primary N) is 1. The fourth-order valence-corrected chi connectivity index (χ4v) is 3.27. The van der Waals surface area contributed by atoms with E-state index in [-0.39, 0.29) is 6.61 Å². The third kappa shape index (κ3) is 2.47. The lowest BCUT2D eigenvalue weighted by Crippen LogP contribution is -2.25. The second-order valence-electron chi connectivity index (χ2n) is 3.80. The number of aryl methyl sites for hydroxylation is 1. The molecule has 3 N–H and O–H groups in total. The molecule has 5 nitrogen and oxygen atoms in total. The summed E-state index contributed by atoms with van der Waals surface area (Å²) in [5, 5.41) is 13.1. The van der Waals surface area contributed by atoms with Crippen molar-refractivity contribution in [1.29, 1.82) is 0 Å². The summed E-state index contributed by atoms with van der Waals surface area (Å²) in [7, 11) is 0. The van der Waals surface area contributed by atoms with Gasteiger partial charge in [-0.3, -0.25) is 0 Å². The minimum absolute atomic E-state index is 0.112. The van der Waals surface area contributed by atoms with Gasteiger partial charge in [-0.25, -0.2) is 4.98 Å². The molecule has 2 aromatic heterocycles. The van der Waals surface area contributed by atoms with Crippen LogP contribution in [0.2, 0.25) is 0 Å². The van der Waals surface area contributed by atoms with Gasteiger partial charge >= 0.3 is 0 Å². The first-order valence-electron chi connectivity index (χ1n) is 5.70. The van der Waals surface area contributed by atoms with Crippen LogP contribution in [0.3, 0.4) is 0 Å². The summed E-state index contributed by atoms with van der Waals surface area (Å²) >= 11 is 2.95. The van der Waals surface area contributed by atoms with Crippen molar-refractivity contribution >= 4 is 33.7 Å². The molecule has 0 saturated carbocycles. The Balaban J connectivity index is 2.43. The molecular formula is C11H16N4OS2. The van der Waals surface area contributed by atoms with E-state index >= 15 is 0 Å². The number of aliphatic hydroxyl groups excluding tert-OH is 1. The number of hydrogen-bond donors (Lipinski definition) is 2. The van der Waals surface area contributed by atoms with Crippen LogP contribution in [0.5, 0.6) is 0 Å². The quantitative estimate of drug-likeness (QED) is 0.878. The number of nitrogen functional groups attached to an aromatic ring is 1. The second kappa shape index (κ2) is 5.64. The maximum absolute atomic E-state index is 9.10. The van der Waals surface area contributed by atoms with Gasteiger partial charge in [-0.2, -0.15) is 4.37 Å².